The first-order valence-electron chi connectivity index (χ1n) is 8.62. The van der Waals surface area contributed by atoms with Gasteiger partial charge in [0, 0.05) is 37.5 Å². The van der Waals surface area contributed by atoms with Crippen LogP contribution in [0.1, 0.15) is 24.8 Å². The molecule has 1 fully saturated rings. The van der Waals surface area contributed by atoms with Crippen LogP contribution in [0, 0.1) is 5.92 Å². The zero-order valence-electron chi connectivity index (χ0n) is 14.3. The number of rotatable bonds is 5. The van der Waals surface area contributed by atoms with Gasteiger partial charge in [-0.2, -0.15) is 0 Å². The number of carbonyl (C=O) groups is 3. The molecule has 3 amide bonds. The lowest BCUT2D eigenvalue weighted by molar-refractivity contribution is -0.136. The molecule has 134 valence electrons. The fourth-order valence-corrected chi connectivity index (χ4v) is 2.99. The normalized spacial score (nSPS) is 16.1. The third kappa shape index (κ3) is 4.17. The van der Waals surface area contributed by atoms with Gasteiger partial charge in [0.1, 0.15) is 0 Å². The van der Waals surface area contributed by atoms with Crippen LogP contribution >= 0.6 is 0 Å². The number of benzene rings is 1. The quantitative estimate of drug-likeness (QED) is 0.617. The second kappa shape index (κ2) is 7.65. The second-order valence-corrected chi connectivity index (χ2v) is 6.41. The average molecular weight is 345 g/mol. The first-order chi connectivity index (χ1) is 12.1. The minimum Gasteiger partial charge on any atom is -0.383 e. The summed E-state index contributed by atoms with van der Waals surface area (Å²) in [4.78, 5) is 37.9. The Bertz CT molecular complexity index is 685. The van der Waals surface area contributed by atoms with Crippen LogP contribution in [0.5, 0.6) is 0 Å². The number of carbonyl (C=O) groups excluding carboxylic acids is 3. The molecule has 3 rings (SSSR count). The molecule has 0 radical (unpaired) electrons. The molecule has 0 saturated heterocycles. The van der Waals surface area contributed by atoms with Crippen molar-refractivity contribution >= 4 is 29.1 Å². The predicted molar refractivity (Wildman–Crippen MR) is 93.4 cm³/mol. The lowest BCUT2D eigenvalue weighted by Gasteiger charge is -2.30. The van der Waals surface area contributed by atoms with Crippen molar-refractivity contribution < 1.29 is 19.1 Å². The van der Waals surface area contributed by atoms with Gasteiger partial charge in [0.05, 0.1) is 6.61 Å². The van der Waals surface area contributed by atoms with Gasteiger partial charge in [-0.3, -0.25) is 14.4 Å². The van der Waals surface area contributed by atoms with Crippen LogP contribution in [0.2, 0.25) is 0 Å². The van der Waals surface area contributed by atoms with Crippen LogP contribution in [0.3, 0.4) is 0 Å². The summed E-state index contributed by atoms with van der Waals surface area (Å²) in [5, 5.41) is 5.08. The zero-order valence-corrected chi connectivity index (χ0v) is 14.3. The van der Waals surface area contributed by atoms with Crippen LogP contribution in [0.25, 0.3) is 0 Å². The zero-order chi connectivity index (χ0) is 17.8. The number of methoxy groups -OCH3 is 1. The number of nitrogens with one attached hydrogen (secondary N) is 2. The van der Waals surface area contributed by atoms with E-state index in [1.165, 1.54) is 7.11 Å². The Morgan fingerprint density at radius 3 is 2.76 bits per heavy atom. The van der Waals surface area contributed by atoms with Crippen molar-refractivity contribution in [1.29, 1.82) is 0 Å². The SMILES string of the molecule is COCCNC(=O)C(=O)Nc1ccc2c(c1)CCCN2C(=O)C1CC1. The summed E-state index contributed by atoms with van der Waals surface area (Å²) in [7, 11) is 1.52. The topological polar surface area (TPSA) is 87.7 Å². The summed E-state index contributed by atoms with van der Waals surface area (Å²) in [6.07, 6.45) is 3.72. The highest BCUT2D eigenvalue weighted by Gasteiger charge is 2.35. The Morgan fingerprint density at radius 2 is 2.04 bits per heavy atom. The van der Waals surface area contributed by atoms with Gasteiger partial charge < -0.3 is 20.3 Å². The lowest BCUT2D eigenvalue weighted by atomic mass is 10.0. The fourth-order valence-electron chi connectivity index (χ4n) is 2.99. The Kier molecular flexibility index (Phi) is 5.33. The highest BCUT2D eigenvalue weighted by molar-refractivity contribution is 6.39. The monoisotopic (exact) mass is 345 g/mol. The molecular formula is C18H23N3O4. The van der Waals surface area contributed by atoms with Gasteiger partial charge in [-0.1, -0.05) is 0 Å². The molecule has 0 bridgehead atoms. The summed E-state index contributed by atoms with van der Waals surface area (Å²) >= 11 is 0. The van der Waals surface area contributed by atoms with E-state index in [1.807, 2.05) is 17.0 Å². The standard InChI is InChI=1S/C18H23N3O4/c1-25-10-8-19-16(22)17(23)20-14-6-7-15-13(11-14)3-2-9-21(15)18(24)12-4-5-12/h6-7,11-12H,2-5,8-10H2,1H3,(H,19,22)(H,20,23). The van der Waals surface area contributed by atoms with Crippen LogP contribution in [0.15, 0.2) is 18.2 Å². The molecule has 7 heteroatoms. The van der Waals surface area contributed by atoms with Crippen LogP contribution in [-0.4, -0.2) is 44.5 Å². The molecule has 0 aromatic heterocycles. The van der Waals surface area contributed by atoms with E-state index in [9.17, 15) is 14.4 Å². The maximum atomic E-state index is 12.4. The summed E-state index contributed by atoms with van der Waals surface area (Å²) < 4.78 is 4.82. The first kappa shape index (κ1) is 17.4. The molecular weight excluding hydrogens is 322 g/mol. The van der Waals surface area contributed by atoms with E-state index in [0.29, 0.717) is 12.3 Å². The second-order valence-electron chi connectivity index (χ2n) is 6.41. The smallest absolute Gasteiger partial charge is 0.313 e. The van der Waals surface area contributed by atoms with Gasteiger partial charge >= 0.3 is 11.8 Å². The molecule has 0 atom stereocenters. The molecule has 2 N–H and O–H groups in total. The molecule has 7 nitrogen and oxygen atoms in total. The largest absolute Gasteiger partial charge is 0.383 e. The third-order valence-corrected chi connectivity index (χ3v) is 4.45. The Hall–Kier alpha value is -2.41. The van der Waals surface area contributed by atoms with Gasteiger partial charge in [-0.15, -0.1) is 0 Å². The van der Waals surface area contributed by atoms with Crippen LogP contribution < -0.4 is 15.5 Å². The van der Waals surface area contributed by atoms with Crippen LogP contribution in [-0.2, 0) is 25.5 Å². The molecule has 1 aromatic rings. The summed E-state index contributed by atoms with van der Waals surface area (Å²) in [5.74, 6) is -1.02. The van der Waals surface area contributed by atoms with E-state index in [2.05, 4.69) is 10.6 Å². The number of anilines is 2. The fraction of sp³-hybridized carbons (Fsp3) is 0.500. The summed E-state index contributed by atoms with van der Waals surface area (Å²) in [6, 6.07) is 5.44. The predicted octanol–water partition coefficient (Wildman–Crippen LogP) is 1.08. The van der Waals surface area contributed by atoms with Gasteiger partial charge in [0.25, 0.3) is 0 Å². The Labute approximate surface area is 146 Å². The van der Waals surface area contributed by atoms with E-state index in [-0.39, 0.29) is 18.4 Å². The third-order valence-electron chi connectivity index (χ3n) is 4.45. The van der Waals surface area contributed by atoms with Crippen molar-refractivity contribution in [2.75, 3.05) is 37.0 Å². The van der Waals surface area contributed by atoms with Crippen molar-refractivity contribution in [2.45, 2.75) is 25.7 Å². The lowest BCUT2D eigenvalue weighted by Crippen LogP contribution is -2.37. The van der Waals surface area contributed by atoms with E-state index < -0.39 is 11.8 Å². The maximum absolute atomic E-state index is 12.4. The van der Waals surface area contributed by atoms with Gasteiger partial charge in [0.2, 0.25) is 5.91 Å². The number of hydrogen-bond acceptors (Lipinski definition) is 4. The summed E-state index contributed by atoms with van der Waals surface area (Å²) in [6.45, 7) is 1.38. The van der Waals surface area contributed by atoms with Crippen molar-refractivity contribution in [3.05, 3.63) is 23.8 Å². The molecule has 1 heterocycles. The highest BCUT2D eigenvalue weighted by Crippen LogP contribution is 2.36. The maximum Gasteiger partial charge on any atom is 0.313 e. The van der Waals surface area contributed by atoms with Crippen LogP contribution in [0.4, 0.5) is 11.4 Å². The molecule has 1 aromatic carbocycles. The Morgan fingerprint density at radius 1 is 1.24 bits per heavy atom. The number of aryl methyl sites for hydroxylation is 1. The van der Waals surface area contributed by atoms with Gasteiger partial charge in [-0.25, -0.2) is 0 Å². The number of ether oxygens (including phenoxy) is 1. The number of nitrogens with zero attached hydrogens (tertiary/aromatic N) is 1. The molecule has 0 unspecified atom stereocenters. The van der Waals surface area contributed by atoms with Crippen molar-refractivity contribution in [1.82, 2.24) is 5.32 Å². The number of fused-ring (bicyclic) bond motifs is 1. The minimum absolute atomic E-state index is 0.182. The summed E-state index contributed by atoms with van der Waals surface area (Å²) in [5.41, 5.74) is 2.51. The molecule has 0 spiro atoms. The molecule has 1 saturated carbocycles. The van der Waals surface area contributed by atoms with Gasteiger partial charge in [0.15, 0.2) is 0 Å². The molecule has 25 heavy (non-hydrogen) atoms. The van der Waals surface area contributed by atoms with E-state index >= 15 is 0 Å². The van der Waals surface area contributed by atoms with Crippen molar-refractivity contribution in [2.24, 2.45) is 5.92 Å². The van der Waals surface area contributed by atoms with E-state index in [4.69, 9.17) is 4.74 Å². The first-order valence-corrected chi connectivity index (χ1v) is 8.62. The highest BCUT2D eigenvalue weighted by atomic mass is 16.5. The van der Waals surface area contributed by atoms with E-state index in [1.54, 1.807) is 6.07 Å². The average Bonchev–Trinajstić information content (AvgIpc) is 3.45. The number of amides is 3. The molecule has 2 aliphatic rings. The Balaban J connectivity index is 1.65. The molecule has 1 aliphatic carbocycles. The molecule has 1 aliphatic heterocycles. The van der Waals surface area contributed by atoms with Crippen molar-refractivity contribution in [3.8, 4) is 0 Å². The minimum atomic E-state index is -0.710. The number of hydrogen-bond donors (Lipinski definition) is 2. The van der Waals surface area contributed by atoms with Gasteiger partial charge in [-0.05, 0) is 49.4 Å². The van der Waals surface area contributed by atoms with E-state index in [0.717, 1.165) is 43.5 Å². The van der Waals surface area contributed by atoms with Crippen molar-refractivity contribution in [3.63, 3.8) is 0 Å².